The number of nitrogens with zero attached hydrogens (tertiary/aromatic N) is 2. The molecule has 144 valence electrons. The van der Waals surface area contributed by atoms with Crippen molar-refractivity contribution in [3.8, 4) is 10.4 Å². The molecule has 1 aromatic carbocycles. The van der Waals surface area contributed by atoms with Crippen LogP contribution in [0.1, 0.15) is 32.1 Å². The first-order valence-electron chi connectivity index (χ1n) is 9.69. The lowest BCUT2D eigenvalue weighted by Gasteiger charge is -2.21. The second-order valence-electron chi connectivity index (χ2n) is 7.22. The molecular weight excluding hydrogens is 380 g/mol. The number of amides is 1. The summed E-state index contributed by atoms with van der Waals surface area (Å²) in [6, 6.07) is 18.2. The normalized spacial score (nSPS) is 12.3. The van der Waals surface area contributed by atoms with Crippen LogP contribution in [-0.4, -0.2) is 15.8 Å². The fraction of sp³-hybridized carbons (Fsp3) is 0.167. The van der Waals surface area contributed by atoms with Crippen LogP contribution in [0.5, 0.6) is 0 Å². The van der Waals surface area contributed by atoms with Gasteiger partial charge in [0, 0.05) is 23.8 Å². The first-order valence-corrected chi connectivity index (χ1v) is 10.5. The minimum atomic E-state index is 0.0298. The summed E-state index contributed by atoms with van der Waals surface area (Å²) in [5.41, 5.74) is 4.90. The number of hydrogen-bond donors (Lipinski definition) is 0. The number of thiophene rings is 1. The average molecular weight is 401 g/mol. The summed E-state index contributed by atoms with van der Waals surface area (Å²) in [4.78, 5) is 21.5. The highest BCUT2D eigenvalue weighted by Gasteiger charge is 2.25. The Kier molecular flexibility index (Phi) is 4.74. The lowest BCUT2D eigenvalue weighted by molar-refractivity contribution is 0.0722. The number of fused-ring (bicyclic) bond motifs is 3. The van der Waals surface area contributed by atoms with Crippen molar-refractivity contribution in [2.24, 2.45) is 0 Å². The monoisotopic (exact) mass is 400 g/mol. The smallest absolute Gasteiger partial charge is 0.264 e. The van der Waals surface area contributed by atoms with Gasteiger partial charge in [0.2, 0.25) is 0 Å². The second kappa shape index (κ2) is 7.68. The van der Waals surface area contributed by atoms with Gasteiger partial charge < -0.3 is 9.32 Å². The molecule has 0 radical (unpaired) electrons. The summed E-state index contributed by atoms with van der Waals surface area (Å²) >= 11 is 1.60. The zero-order valence-electron chi connectivity index (χ0n) is 15.9. The minimum absolute atomic E-state index is 0.0298. The van der Waals surface area contributed by atoms with Crippen LogP contribution in [0.2, 0.25) is 0 Å². The molecule has 0 bridgehead atoms. The lowest BCUT2D eigenvalue weighted by Crippen LogP contribution is -2.29. The Hall–Kier alpha value is -3.18. The molecule has 0 saturated carbocycles. The molecule has 5 heteroatoms. The van der Waals surface area contributed by atoms with E-state index in [1.807, 2.05) is 29.2 Å². The Balaban J connectivity index is 1.47. The van der Waals surface area contributed by atoms with E-state index in [9.17, 15) is 4.79 Å². The van der Waals surface area contributed by atoms with Crippen LogP contribution < -0.4 is 0 Å². The quantitative estimate of drug-likeness (QED) is 0.454. The van der Waals surface area contributed by atoms with Crippen molar-refractivity contribution in [2.45, 2.75) is 25.9 Å². The zero-order valence-corrected chi connectivity index (χ0v) is 16.7. The standard InChI is InChI=1S/C24H20N2O2S/c27-24(22-13-19-10-9-18-6-1-2-8-21(18)23(19)29-22)26(16-20-7-4-12-28-20)15-17-5-3-11-25-14-17/h1-8,11-14H,9-10,15-16H2. The minimum Gasteiger partial charge on any atom is -0.467 e. The van der Waals surface area contributed by atoms with E-state index in [1.54, 1.807) is 30.0 Å². The van der Waals surface area contributed by atoms with Gasteiger partial charge in [0.15, 0.2) is 0 Å². The van der Waals surface area contributed by atoms with Gasteiger partial charge in [-0.3, -0.25) is 9.78 Å². The van der Waals surface area contributed by atoms with Crippen LogP contribution in [0, 0.1) is 0 Å². The molecule has 0 spiro atoms. The summed E-state index contributed by atoms with van der Waals surface area (Å²) in [6.45, 7) is 0.923. The van der Waals surface area contributed by atoms with E-state index in [0.717, 1.165) is 29.0 Å². The zero-order chi connectivity index (χ0) is 19.6. The lowest BCUT2D eigenvalue weighted by atomic mass is 9.91. The van der Waals surface area contributed by atoms with Gasteiger partial charge in [0.1, 0.15) is 5.76 Å². The van der Waals surface area contributed by atoms with Crippen molar-refractivity contribution in [1.82, 2.24) is 9.88 Å². The Morgan fingerprint density at radius 2 is 1.93 bits per heavy atom. The molecule has 3 aromatic heterocycles. The van der Waals surface area contributed by atoms with Gasteiger partial charge in [-0.1, -0.05) is 30.3 Å². The van der Waals surface area contributed by atoms with Crippen LogP contribution in [0.3, 0.4) is 0 Å². The fourth-order valence-corrected chi connectivity index (χ4v) is 5.07. The molecule has 3 heterocycles. The van der Waals surface area contributed by atoms with Gasteiger partial charge in [-0.25, -0.2) is 0 Å². The van der Waals surface area contributed by atoms with Crippen LogP contribution in [0.15, 0.2) is 77.7 Å². The van der Waals surface area contributed by atoms with Crippen molar-refractivity contribution in [1.29, 1.82) is 0 Å². The molecule has 5 rings (SSSR count). The highest BCUT2D eigenvalue weighted by molar-refractivity contribution is 7.17. The number of rotatable bonds is 5. The molecule has 29 heavy (non-hydrogen) atoms. The predicted octanol–water partition coefficient (Wildman–Crippen LogP) is 5.34. The molecule has 0 unspecified atom stereocenters. The molecule has 4 nitrogen and oxygen atoms in total. The molecule has 1 aliphatic carbocycles. The Morgan fingerprint density at radius 1 is 1.03 bits per heavy atom. The van der Waals surface area contributed by atoms with Gasteiger partial charge >= 0.3 is 0 Å². The molecule has 0 atom stereocenters. The average Bonchev–Trinajstić information content (AvgIpc) is 3.43. The van der Waals surface area contributed by atoms with E-state index in [4.69, 9.17) is 4.42 Å². The number of furan rings is 1. The number of aryl methyl sites for hydroxylation is 2. The van der Waals surface area contributed by atoms with Gasteiger partial charge in [0.05, 0.1) is 17.7 Å². The first kappa shape index (κ1) is 17.9. The number of carbonyl (C=O) groups is 1. The van der Waals surface area contributed by atoms with Crippen LogP contribution in [0.4, 0.5) is 0 Å². The van der Waals surface area contributed by atoms with Gasteiger partial charge in [-0.2, -0.15) is 0 Å². The Labute approximate surface area is 173 Å². The summed E-state index contributed by atoms with van der Waals surface area (Å²) in [7, 11) is 0. The number of benzene rings is 1. The third kappa shape index (κ3) is 3.61. The van der Waals surface area contributed by atoms with Crippen LogP contribution in [0.25, 0.3) is 10.4 Å². The third-order valence-corrected chi connectivity index (χ3v) is 6.45. The molecule has 4 aromatic rings. The largest absolute Gasteiger partial charge is 0.467 e. The third-order valence-electron chi connectivity index (χ3n) is 5.26. The molecule has 1 aliphatic rings. The maximum absolute atomic E-state index is 13.5. The maximum atomic E-state index is 13.5. The van der Waals surface area contributed by atoms with Gasteiger partial charge in [-0.05, 0) is 59.4 Å². The Morgan fingerprint density at radius 3 is 2.76 bits per heavy atom. The van der Waals surface area contributed by atoms with Crippen molar-refractivity contribution in [3.63, 3.8) is 0 Å². The topological polar surface area (TPSA) is 46.3 Å². The molecule has 0 fully saturated rings. The highest BCUT2D eigenvalue weighted by Crippen LogP contribution is 2.40. The van der Waals surface area contributed by atoms with Crippen molar-refractivity contribution < 1.29 is 9.21 Å². The highest BCUT2D eigenvalue weighted by atomic mass is 32.1. The summed E-state index contributed by atoms with van der Waals surface area (Å²) in [5, 5.41) is 0. The maximum Gasteiger partial charge on any atom is 0.264 e. The molecule has 0 saturated heterocycles. The summed E-state index contributed by atoms with van der Waals surface area (Å²) < 4.78 is 5.51. The molecule has 0 N–H and O–H groups in total. The van der Waals surface area contributed by atoms with Gasteiger partial charge in [-0.15, -0.1) is 11.3 Å². The van der Waals surface area contributed by atoms with E-state index in [-0.39, 0.29) is 5.91 Å². The van der Waals surface area contributed by atoms with E-state index in [2.05, 4.69) is 35.3 Å². The van der Waals surface area contributed by atoms with Gasteiger partial charge in [0.25, 0.3) is 5.91 Å². The predicted molar refractivity (Wildman–Crippen MR) is 114 cm³/mol. The Bertz CT molecular complexity index is 1130. The first-order chi connectivity index (χ1) is 14.3. The molecular formula is C24H20N2O2S. The summed E-state index contributed by atoms with van der Waals surface area (Å²) in [5.74, 6) is 0.802. The van der Waals surface area contributed by atoms with E-state index in [1.165, 1.54) is 21.6 Å². The van der Waals surface area contributed by atoms with Crippen molar-refractivity contribution >= 4 is 17.2 Å². The SMILES string of the molecule is O=C(c1cc2c(s1)-c1ccccc1CC2)N(Cc1cccnc1)Cc1ccco1. The van der Waals surface area contributed by atoms with E-state index >= 15 is 0 Å². The van der Waals surface area contributed by atoms with Crippen LogP contribution >= 0.6 is 11.3 Å². The molecule has 1 amide bonds. The number of carbonyl (C=O) groups excluding carboxylic acids is 1. The second-order valence-corrected chi connectivity index (χ2v) is 8.28. The number of pyridine rings is 1. The fourth-order valence-electron chi connectivity index (χ4n) is 3.84. The molecule has 0 aliphatic heterocycles. The van der Waals surface area contributed by atoms with Crippen molar-refractivity contribution in [2.75, 3.05) is 0 Å². The number of hydrogen-bond acceptors (Lipinski definition) is 4. The van der Waals surface area contributed by atoms with E-state index in [0.29, 0.717) is 13.1 Å². The van der Waals surface area contributed by atoms with E-state index < -0.39 is 0 Å². The van der Waals surface area contributed by atoms with Crippen molar-refractivity contribution in [3.05, 3.63) is 101 Å². The van der Waals surface area contributed by atoms with Crippen LogP contribution in [-0.2, 0) is 25.9 Å². The summed E-state index contributed by atoms with van der Waals surface area (Å²) in [6.07, 6.45) is 7.20. The number of aromatic nitrogens is 1.